The maximum absolute atomic E-state index is 13.1. The Morgan fingerprint density at radius 3 is 2.75 bits per heavy atom. The third-order valence-electron chi connectivity index (χ3n) is 5.53. The lowest BCUT2D eigenvalue weighted by Crippen LogP contribution is -2.31. The van der Waals surface area contributed by atoms with E-state index in [4.69, 9.17) is 11.6 Å². The van der Waals surface area contributed by atoms with Gasteiger partial charge >= 0.3 is 0 Å². The maximum atomic E-state index is 13.1. The van der Waals surface area contributed by atoms with Crippen LogP contribution in [-0.2, 0) is 6.42 Å². The van der Waals surface area contributed by atoms with E-state index in [-0.39, 0.29) is 11.9 Å². The van der Waals surface area contributed by atoms with Crippen LogP contribution in [0.2, 0.25) is 5.02 Å². The monoisotopic (exact) mass is 390 g/mol. The molecule has 28 heavy (non-hydrogen) atoms. The normalized spacial score (nSPS) is 16.1. The minimum absolute atomic E-state index is 0.0286. The number of aromatic amines is 2. The highest BCUT2D eigenvalue weighted by atomic mass is 35.5. The number of hydrogen-bond acceptors (Lipinski definition) is 2. The fourth-order valence-electron chi connectivity index (χ4n) is 4.15. The van der Waals surface area contributed by atoms with Gasteiger partial charge in [0.2, 0.25) is 0 Å². The molecular formula is C22H19ClN4O. The molecule has 0 saturated carbocycles. The van der Waals surface area contributed by atoms with Crippen molar-refractivity contribution in [2.45, 2.75) is 19.4 Å². The van der Waals surface area contributed by atoms with E-state index in [1.165, 1.54) is 10.9 Å². The predicted octanol–water partition coefficient (Wildman–Crippen LogP) is 4.64. The molecule has 6 heteroatoms. The topological polar surface area (TPSA) is 64.8 Å². The van der Waals surface area contributed by atoms with E-state index < -0.39 is 0 Å². The number of benzene rings is 2. The third kappa shape index (κ3) is 2.62. The Balaban J connectivity index is 1.50. The number of hydrogen-bond donors (Lipinski definition) is 2. The molecule has 1 aliphatic rings. The van der Waals surface area contributed by atoms with Crippen molar-refractivity contribution in [3.05, 3.63) is 87.8 Å². The van der Waals surface area contributed by atoms with E-state index in [9.17, 15) is 4.79 Å². The zero-order valence-corrected chi connectivity index (χ0v) is 16.1. The van der Waals surface area contributed by atoms with Gasteiger partial charge in [-0.05, 0) is 42.7 Å². The number of rotatable bonds is 4. The van der Waals surface area contributed by atoms with E-state index >= 15 is 0 Å². The number of H-pyrrole nitrogens is 2. The van der Waals surface area contributed by atoms with Crippen LogP contribution in [0.5, 0.6) is 0 Å². The molecule has 2 aromatic heterocycles. The van der Waals surface area contributed by atoms with Crippen LogP contribution in [0.1, 0.15) is 38.9 Å². The third-order valence-corrected chi connectivity index (χ3v) is 5.78. The molecule has 4 aromatic rings. The molecule has 0 fully saturated rings. The molecule has 0 saturated heterocycles. The van der Waals surface area contributed by atoms with Crippen molar-refractivity contribution in [1.29, 1.82) is 0 Å². The first kappa shape index (κ1) is 17.1. The van der Waals surface area contributed by atoms with Crippen LogP contribution in [0.3, 0.4) is 0 Å². The molecule has 0 spiro atoms. The predicted molar refractivity (Wildman–Crippen MR) is 110 cm³/mol. The lowest BCUT2D eigenvalue weighted by atomic mass is 9.99. The van der Waals surface area contributed by atoms with Crippen molar-refractivity contribution >= 4 is 28.4 Å². The van der Waals surface area contributed by atoms with Crippen molar-refractivity contribution in [2.75, 3.05) is 6.54 Å². The lowest BCUT2D eigenvalue weighted by Gasteiger charge is -2.26. The Bertz CT molecular complexity index is 1170. The molecule has 5 nitrogen and oxygen atoms in total. The van der Waals surface area contributed by atoms with Gasteiger partial charge in [-0.25, -0.2) is 0 Å². The molecule has 0 unspecified atom stereocenters. The Morgan fingerprint density at radius 2 is 1.93 bits per heavy atom. The summed E-state index contributed by atoms with van der Waals surface area (Å²) in [6.07, 6.45) is 2.81. The number of carbonyl (C=O) groups is 1. The number of amides is 1. The average Bonchev–Trinajstić information content (AvgIpc) is 3.36. The maximum Gasteiger partial charge on any atom is 0.275 e. The first-order chi connectivity index (χ1) is 13.6. The zero-order chi connectivity index (χ0) is 19.3. The molecular weight excluding hydrogens is 372 g/mol. The van der Waals surface area contributed by atoms with Crippen LogP contribution in [-0.4, -0.2) is 32.5 Å². The Morgan fingerprint density at radius 1 is 1.14 bits per heavy atom. The molecule has 1 amide bonds. The Kier molecular flexibility index (Phi) is 3.98. The number of fused-ring (bicyclic) bond motifs is 2. The van der Waals surface area contributed by atoms with Gasteiger partial charge in [-0.15, -0.1) is 0 Å². The van der Waals surface area contributed by atoms with E-state index in [0.29, 0.717) is 17.3 Å². The molecule has 5 rings (SSSR count). The number of halogens is 1. The zero-order valence-electron chi connectivity index (χ0n) is 15.4. The van der Waals surface area contributed by atoms with Gasteiger partial charge in [0.05, 0.1) is 6.04 Å². The molecule has 1 atom stereocenters. The van der Waals surface area contributed by atoms with Crippen LogP contribution in [0, 0.1) is 6.92 Å². The molecule has 0 aliphatic carbocycles. The van der Waals surface area contributed by atoms with Gasteiger partial charge in [-0.3, -0.25) is 9.89 Å². The van der Waals surface area contributed by atoms with E-state index in [0.717, 1.165) is 28.8 Å². The highest BCUT2D eigenvalue weighted by Crippen LogP contribution is 2.39. The molecule has 0 radical (unpaired) electrons. The Hall–Kier alpha value is -3.05. The molecule has 2 N–H and O–H groups in total. The van der Waals surface area contributed by atoms with E-state index in [1.54, 1.807) is 0 Å². The number of aryl methyl sites for hydroxylation is 1. The standard InChI is InChI=1S/C22H19ClN4O/c1-13-19-20(26-25-13)22(28)27(21(19)14-6-8-16(23)9-7-14)11-10-15-12-24-18-5-3-2-4-17(15)18/h2-9,12,21,24H,10-11H2,1H3,(H,25,26)/t21-/m1/s1. The van der Waals surface area contributed by atoms with Gasteiger partial charge in [-0.1, -0.05) is 41.9 Å². The van der Waals surface area contributed by atoms with Gasteiger partial charge in [0.1, 0.15) is 0 Å². The van der Waals surface area contributed by atoms with Crippen LogP contribution in [0.15, 0.2) is 54.7 Å². The summed E-state index contributed by atoms with van der Waals surface area (Å²) >= 11 is 6.08. The summed E-state index contributed by atoms with van der Waals surface area (Å²) in [5, 5.41) is 9.12. The highest BCUT2D eigenvalue weighted by Gasteiger charge is 2.41. The minimum Gasteiger partial charge on any atom is -0.361 e. The van der Waals surface area contributed by atoms with Crippen molar-refractivity contribution in [3.8, 4) is 0 Å². The van der Waals surface area contributed by atoms with Crippen LogP contribution >= 0.6 is 11.6 Å². The Labute approximate surface area is 167 Å². The highest BCUT2D eigenvalue weighted by molar-refractivity contribution is 6.30. The van der Waals surface area contributed by atoms with Crippen molar-refractivity contribution in [2.24, 2.45) is 0 Å². The largest absolute Gasteiger partial charge is 0.361 e. The van der Waals surface area contributed by atoms with Gasteiger partial charge < -0.3 is 9.88 Å². The van der Waals surface area contributed by atoms with Gasteiger partial charge in [0.15, 0.2) is 5.69 Å². The summed E-state index contributed by atoms with van der Waals surface area (Å²) in [4.78, 5) is 18.3. The van der Waals surface area contributed by atoms with Crippen LogP contribution in [0.4, 0.5) is 0 Å². The summed E-state index contributed by atoms with van der Waals surface area (Å²) in [7, 11) is 0. The van der Waals surface area contributed by atoms with Crippen LogP contribution < -0.4 is 0 Å². The van der Waals surface area contributed by atoms with Crippen molar-refractivity contribution < 1.29 is 4.79 Å². The smallest absolute Gasteiger partial charge is 0.275 e. The number of carbonyl (C=O) groups excluding carboxylic acids is 1. The summed E-state index contributed by atoms with van der Waals surface area (Å²) < 4.78 is 0. The second-order valence-corrected chi connectivity index (χ2v) is 7.61. The van der Waals surface area contributed by atoms with Crippen LogP contribution in [0.25, 0.3) is 10.9 Å². The van der Waals surface area contributed by atoms with Crippen molar-refractivity contribution in [3.63, 3.8) is 0 Å². The first-order valence-corrected chi connectivity index (χ1v) is 9.67. The van der Waals surface area contributed by atoms with E-state index in [2.05, 4.69) is 27.3 Å². The SMILES string of the molecule is Cc1[nH]nc2c1[C@@H](c1ccc(Cl)cc1)N(CCc1c[nH]c3ccccc13)C2=O. The van der Waals surface area contributed by atoms with Gasteiger partial charge in [-0.2, -0.15) is 5.10 Å². The number of nitrogens with zero attached hydrogens (tertiary/aromatic N) is 2. The summed E-state index contributed by atoms with van der Waals surface area (Å²) in [6.45, 7) is 2.58. The minimum atomic E-state index is -0.149. The second kappa shape index (κ2) is 6.53. The second-order valence-electron chi connectivity index (χ2n) is 7.17. The molecule has 140 valence electrons. The number of aromatic nitrogens is 3. The molecule has 2 aromatic carbocycles. The number of para-hydroxylation sites is 1. The van der Waals surface area contributed by atoms with E-state index in [1.807, 2.05) is 54.4 Å². The number of nitrogens with one attached hydrogen (secondary N) is 2. The molecule has 0 bridgehead atoms. The summed E-state index contributed by atoms with van der Waals surface area (Å²) in [5.41, 5.74) is 5.78. The molecule has 3 heterocycles. The average molecular weight is 391 g/mol. The lowest BCUT2D eigenvalue weighted by molar-refractivity contribution is 0.0745. The first-order valence-electron chi connectivity index (χ1n) is 9.30. The summed E-state index contributed by atoms with van der Waals surface area (Å²) in [5.74, 6) is -0.0286. The fraction of sp³-hybridized carbons (Fsp3) is 0.182. The van der Waals surface area contributed by atoms with Gasteiger partial charge in [0, 0.05) is 39.9 Å². The molecule has 1 aliphatic heterocycles. The van der Waals surface area contributed by atoms with Crippen molar-refractivity contribution in [1.82, 2.24) is 20.1 Å². The quantitative estimate of drug-likeness (QED) is 0.533. The fourth-order valence-corrected chi connectivity index (χ4v) is 4.27. The van der Waals surface area contributed by atoms with Gasteiger partial charge in [0.25, 0.3) is 5.91 Å². The summed E-state index contributed by atoms with van der Waals surface area (Å²) in [6, 6.07) is 15.8.